The molecule has 0 N–H and O–H groups in total. The van der Waals surface area contributed by atoms with E-state index in [1.807, 2.05) is 0 Å². The molecular weight excluding hydrogens is 1590 g/mol. The van der Waals surface area contributed by atoms with Gasteiger partial charge in [0.25, 0.3) is 0 Å². The molecule has 6 nitrogen and oxygen atoms in total. The van der Waals surface area contributed by atoms with Gasteiger partial charge in [0.05, 0.1) is 44.1 Å². The van der Waals surface area contributed by atoms with Crippen molar-refractivity contribution in [3.63, 3.8) is 0 Å². The van der Waals surface area contributed by atoms with Crippen LogP contribution in [0.3, 0.4) is 0 Å². The molecule has 0 saturated carbocycles. The van der Waals surface area contributed by atoms with Crippen LogP contribution in [0.4, 0.5) is 34.1 Å². The van der Waals surface area contributed by atoms with Gasteiger partial charge in [0.1, 0.15) is 0 Å². The number of nitrogens with zero attached hydrogens (tertiary/aromatic N) is 6. The molecule has 131 heavy (non-hydrogen) atoms. The summed E-state index contributed by atoms with van der Waals surface area (Å²) in [4.78, 5) is 4.69. The summed E-state index contributed by atoms with van der Waals surface area (Å²) in [6, 6.07) is 170. The van der Waals surface area contributed by atoms with Gasteiger partial charge in [-0.25, -0.2) is 0 Å². The minimum atomic E-state index is -0.0894. The van der Waals surface area contributed by atoms with Gasteiger partial charge < -0.3 is 28.1 Å². The first-order valence-electron chi connectivity index (χ1n) is 45.5. The van der Waals surface area contributed by atoms with Crippen LogP contribution < -0.4 is 9.80 Å². The molecule has 0 atom stereocenters. The first kappa shape index (κ1) is 74.2. The maximum atomic E-state index is 2.52. The van der Waals surface area contributed by atoms with E-state index in [0.29, 0.717) is 0 Å². The summed E-state index contributed by atoms with van der Waals surface area (Å²) in [6.45, 7) is 4.71. The third kappa shape index (κ3) is 11.2. The average molecular weight is 1670 g/mol. The largest absolute Gasteiger partial charge is 0.311 e. The SMILES string of the molecule is CC1(C)c2ccccc2-c2ccc(N(c3ccccc3)c3ccc(-c4ccc(-n5c6cc7c(c8c6c6c9c(cccc9ccc65)-c5ccccc5-8)c5ccccc5n7-c5ccccc5)cc4)cc3)cc21.c1ccc(N(c2ccccc2)c2ccc(-c3ccc(-n4c5cc6c(c7c5c5c8c(cccc8ccc54)-c4ccccc4-7)c4ccccc4n6-c4ccccc4)cc3)cc2)cc1. The summed E-state index contributed by atoms with van der Waals surface area (Å²) < 4.78 is 9.96. The molecule has 0 saturated heterocycles. The van der Waals surface area contributed by atoms with Gasteiger partial charge in [0, 0.05) is 117 Å². The predicted molar refractivity (Wildman–Crippen MR) is 552 cm³/mol. The molecule has 0 fully saturated rings. The lowest BCUT2D eigenvalue weighted by molar-refractivity contribution is 0.660. The summed E-state index contributed by atoms with van der Waals surface area (Å²) in [7, 11) is 0. The second kappa shape index (κ2) is 29.0. The Balaban J connectivity index is 0.000000136. The van der Waals surface area contributed by atoms with Crippen LogP contribution in [0.25, 0.3) is 209 Å². The molecule has 612 valence electrons. The van der Waals surface area contributed by atoms with Crippen LogP contribution in [-0.2, 0) is 5.41 Å². The Hall–Kier alpha value is -17.1. The fraction of sp³-hybridized carbons (Fsp3) is 0.0240. The molecule has 28 rings (SSSR count). The summed E-state index contributed by atoms with van der Waals surface area (Å²) >= 11 is 0. The van der Waals surface area contributed by atoms with Gasteiger partial charge in [-0.2, -0.15) is 0 Å². The van der Waals surface area contributed by atoms with Gasteiger partial charge >= 0.3 is 0 Å². The highest BCUT2D eigenvalue weighted by Crippen LogP contribution is 2.58. The van der Waals surface area contributed by atoms with Crippen molar-refractivity contribution >= 4 is 143 Å². The lowest BCUT2D eigenvalue weighted by atomic mass is 9.82. The Kier molecular flexibility index (Phi) is 16.4. The van der Waals surface area contributed by atoms with E-state index in [2.05, 4.69) is 503 Å². The molecule has 4 heterocycles. The number of benzene rings is 21. The summed E-state index contributed by atoms with van der Waals surface area (Å²) in [6.07, 6.45) is 0. The van der Waals surface area contributed by atoms with E-state index in [1.54, 1.807) is 0 Å². The first-order chi connectivity index (χ1) is 64.8. The van der Waals surface area contributed by atoms with Gasteiger partial charge in [-0.05, 0) is 257 Å². The van der Waals surface area contributed by atoms with Gasteiger partial charge in [-0.1, -0.05) is 317 Å². The first-order valence-corrected chi connectivity index (χ1v) is 45.5. The van der Waals surface area contributed by atoms with Crippen LogP contribution in [0.5, 0.6) is 0 Å². The molecular formula is C125H82N6. The number of fused-ring (bicyclic) bond motifs is 17. The molecule has 4 aromatic heterocycles. The summed E-state index contributed by atoms with van der Waals surface area (Å²) in [5.41, 5.74) is 41.3. The van der Waals surface area contributed by atoms with Crippen molar-refractivity contribution in [2.45, 2.75) is 19.3 Å². The molecule has 25 aromatic rings. The molecule has 3 aliphatic carbocycles. The highest BCUT2D eigenvalue weighted by molar-refractivity contribution is 6.38. The quantitative estimate of drug-likeness (QED) is 0.122. The Morgan fingerprint density at radius 1 is 0.176 bits per heavy atom. The lowest BCUT2D eigenvalue weighted by Gasteiger charge is -2.28. The van der Waals surface area contributed by atoms with E-state index < -0.39 is 0 Å². The van der Waals surface area contributed by atoms with Crippen LogP contribution in [0.15, 0.2) is 461 Å². The van der Waals surface area contributed by atoms with E-state index in [1.165, 1.54) is 198 Å². The van der Waals surface area contributed by atoms with Crippen LogP contribution >= 0.6 is 0 Å². The smallest absolute Gasteiger partial charge is 0.0568 e. The van der Waals surface area contributed by atoms with Crippen molar-refractivity contribution in [3.8, 4) is 101 Å². The van der Waals surface area contributed by atoms with Crippen LogP contribution in [0.2, 0.25) is 0 Å². The molecule has 0 radical (unpaired) electrons. The van der Waals surface area contributed by atoms with Gasteiger partial charge in [0.2, 0.25) is 0 Å². The zero-order valence-electron chi connectivity index (χ0n) is 72.1. The van der Waals surface area contributed by atoms with E-state index >= 15 is 0 Å². The molecule has 3 aliphatic rings. The van der Waals surface area contributed by atoms with Crippen LogP contribution in [0.1, 0.15) is 25.0 Å². The highest BCUT2D eigenvalue weighted by atomic mass is 15.1. The third-order valence-corrected chi connectivity index (χ3v) is 28.4. The number of para-hydroxylation sites is 7. The molecule has 21 aromatic carbocycles. The third-order valence-electron chi connectivity index (χ3n) is 28.4. The maximum Gasteiger partial charge on any atom is 0.0568 e. The van der Waals surface area contributed by atoms with E-state index in [-0.39, 0.29) is 5.41 Å². The van der Waals surface area contributed by atoms with Crippen molar-refractivity contribution in [1.29, 1.82) is 0 Å². The van der Waals surface area contributed by atoms with Crippen molar-refractivity contribution in [1.82, 2.24) is 18.3 Å². The number of anilines is 6. The standard InChI is InChI=1S/C67H45N3.C58H37N3/c1-67(2)56-26-13-11-22-51(56)52-38-37-49(40-57(52)67)68(45-17-5-3-6-18-45)47-33-28-42(29-34-47)43-30-35-48(36-31-43)70-59-39-32-44-16-15-25-53-50-21-9-10-23-54(50)64-63-55-24-12-14-27-58(55)69(46-19-7-4-8-20-46)60(63)41-61(70)66(64)65(59)62(44)53;1-4-16-41(17-5-1)59(42-18-6-2-7-19-42)44-32-27-38(28-33-44)39-29-34-45(35-30-39)61-51-36-31-40-15-14-25-47-46-22-10-11-23-48(46)56-55-49-24-12-13-26-50(49)60(43-20-8-3-9-21-43)52(55)37-53(61)58(56)57(51)54(40)47/h3-41H,1-2H3;1-37H. The van der Waals surface area contributed by atoms with Crippen molar-refractivity contribution < 1.29 is 0 Å². The number of hydrogen-bond donors (Lipinski definition) is 0. The van der Waals surface area contributed by atoms with Crippen LogP contribution in [0, 0.1) is 0 Å². The Bertz CT molecular complexity index is 8950. The van der Waals surface area contributed by atoms with Gasteiger partial charge in [-0.15, -0.1) is 0 Å². The molecule has 6 heteroatoms. The minimum Gasteiger partial charge on any atom is -0.311 e. The summed E-state index contributed by atoms with van der Waals surface area (Å²) in [5.74, 6) is 0. The van der Waals surface area contributed by atoms with Crippen molar-refractivity contribution in [2.75, 3.05) is 9.80 Å². The van der Waals surface area contributed by atoms with E-state index in [9.17, 15) is 0 Å². The molecule has 0 unspecified atom stereocenters. The predicted octanol–water partition coefficient (Wildman–Crippen LogP) is 33.9. The van der Waals surface area contributed by atoms with E-state index in [0.717, 1.165) is 56.9 Å². The zero-order chi connectivity index (χ0) is 86.3. The van der Waals surface area contributed by atoms with Crippen LogP contribution in [-0.4, -0.2) is 18.3 Å². The molecule has 0 bridgehead atoms. The average Bonchev–Trinajstić information content (AvgIpc) is 1.52. The maximum absolute atomic E-state index is 2.52. The fourth-order valence-electron chi connectivity index (χ4n) is 22.8. The van der Waals surface area contributed by atoms with E-state index in [4.69, 9.17) is 0 Å². The Morgan fingerprint density at radius 2 is 0.489 bits per heavy atom. The Morgan fingerprint density at radius 3 is 0.924 bits per heavy atom. The number of hydrogen-bond acceptors (Lipinski definition) is 2. The molecule has 0 aliphatic heterocycles. The van der Waals surface area contributed by atoms with Crippen molar-refractivity contribution in [2.24, 2.45) is 0 Å². The number of rotatable bonds is 12. The second-order valence-corrected chi connectivity index (χ2v) is 35.7. The van der Waals surface area contributed by atoms with Gasteiger partial charge in [0.15, 0.2) is 0 Å². The minimum absolute atomic E-state index is 0.0894. The number of aromatic nitrogens is 4. The summed E-state index contributed by atoms with van der Waals surface area (Å²) in [5, 5.41) is 15.5. The topological polar surface area (TPSA) is 26.2 Å². The molecule has 0 amide bonds. The fourth-order valence-corrected chi connectivity index (χ4v) is 22.8. The highest BCUT2D eigenvalue weighted by Gasteiger charge is 2.37. The zero-order valence-corrected chi connectivity index (χ0v) is 72.1. The normalized spacial score (nSPS) is 12.6. The lowest BCUT2D eigenvalue weighted by Crippen LogP contribution is -2.16. The van der Waals surface area contributed by atoms with Gasteiger partial charge in [-0.3, -0.25) is 0 Å². The molecule has 0 spiro atoms. The second-order valence-electron chi connectivity index (χ2n) is 35.7. The van der Waals surface area contributed by atoms with Crippen molar-refractivity contribution in [3.05, 3.63) is 472 Å². The Labute approximate surface area is 757 Å². The monoisotopic (exact) mass is 1670 g/mol.